The van der Waals surface area contributed by atoms with Crippen LogP contribution in [0.15, 0.2) is 24.8 Å². The average molecular weight is 178 g/mol. The van der Waals surface area contributed by atoms with Crippen molar-refractivity contribution in [2.24, 2.45) is 11.8 Å². The molecule has 2 unspecified atom stereocenters. The molecule has 0 aliphatic heterocycles. The van der Waals surface area contributed by atoms with Gasteiger partial charge in [-0.1, -0.05) is 18.2 Å². The molecule has 0 bridgehead atoms. The van der Waals surface area contributed by atoms with E-state index in [1.165, 1.54) is 5.57 Å². The summed E-state index contributed by atoms with van der Waals surface area (Å²) in [5.41, 5.74) is 1.22. The van der Waals surface area contributed by atoms with Crippen LogP contribution in [0.5, 0.6) is 0 Å². The maximum Gasteiger partial charge on any atom is 0.136 e. The summed E-state index contributed by atoms with van der Waals surface area (Å²) < 4.78 is 0. The summed E-state index contributed by atoms with van der Waals surface area (Å²) in [5, 5.41) is 0. The zero-order valence-corrected chi connectivity index (χ0v) is 8.38. The van der Waals surface area contributed by atoms with Gasteiger partial charge in [-0.05, 0) is 32.1 Å². The molecule has 0 aromatic rings. The van der Waals surface area contributed by atoms with Crippen LogP contribution in [0.2, 0.25) is 0 Å². The highest BCUT2D eigenvalue weighted by molar-refractivity contribution is 5.82. The molecule has 1 saturated carbocycles. The van der Waals surface area contributed by atoms with Crippen LogP contribution in [0.4, 0.5) is 0 Å². The van der Waals surface area contributed by atoms with Crippen LogP contribution >= 0.6 is 0 Å². The quantitative estimate of drug-likeness (QED) is 0.607. The Bertz CT molecular complexity index is 227. The third-order valence-electron chi connectivity index (χ3n) is 2.91. The minimum Gasteiger partial charge on any atom is -0.299 e. The van der Waals surface area contributed by atoms with E-state index in [0.717, 1.165) is 25.7 Å². The van der Waals surface area contributed by atoms with Crippen molar-refractivity contribution in [2.45, 2.75) is 32.6 Å². The van der Waals surface area contributed by atoms with Crippen LogP contribution < -0.4 is 0 Å². The van der Waals surface area contributed by atoms with Gasteiger partial charge in [0.05, 0.1) is 0 Å². The highest BCUT2D eigenvalue weighted by atomic mass is 16.1. The zero-order chi connectivity index (χ0) is 9.84. The maximum atomic E-state index is 11.5. The molecule has 0 aromatic carbocycles. The fourth-order valence-corrected chi connectivity index (χ4v) is 1.99. The number of hydrogen-bond donors (Lipinski definition) is 0. The van der Waals surface area contributed by atoms with E-state index in [1.807, 2.05) is 6.08 Å². The highest BCUT2D eigenvalue weighted by Crippen LogP contribution is 2.32. The van der Waals surface area contributed by atoms with Gasteiger partial charge < -0.3 is 0 Å². The van der Waals surface area contributed by atoms with Gasteiger partial charge in [0.15, 0.2) is 0 Å². The van der Waals surface area contributed by atoms with Gasteiger partial charge in [-0.2, -0.15) is 0 Å². The molecule has 13 heavy (non-hydrogen) atoms. The lowest BCUT2D eigenvalue weighted by Gasteiger charge is -2.27. The molecule has 1 heteroatoms. The third-order valence-corrected chi connectivity index (χ3v) is 2.91. The van der Waals surface area contributed by atoms with Gasteiger partial charge in [0, 0.05) is 12.3 Å². The normalized spacial score (nSPS) is 28.5. The Morgan fingerprint density at radius 3 is 2.92 bits per heavy atom. The Hall–Kier alpha value is -0.850. The average Bonchev–Trinajstić information content (AvgIpc) is 2.08. The molecule has 2 atom stereocenters. The van der Waals surface area contributed by atoms with Crippen molar-refractivity contribution < 1.29 is 4.79 Å². The summed E-state index contributed by atoms with van der Waals surface area (Å²) in [6.45, 7) is 9.71. The second kappa shape index (κ2) is 4.40. The first-order valence-corrected chi connectivity index (χ1v) is 4.94. The molecule has 0 N–H and O–H groups in total. The largest absolute Gasteiger partial charge is 0.299 e. The molecule has 0 saturated heterocycles. The van der Waals surface area contributed by atoms with Crippen LogP contribution in [-0.4, -0.2) is 5.78 Å². The molecule has 1 rings (SSSR count). The number of allylic oxidation sites excluding steroid dienone is 2. The second-order valence-corrected chi connectivity index (χ2v) is 4.01. The molecule has 0 radical (unpaired) electrons. The molecular weight excluding hydrogens is 160 g/mol. The van der Waals surface area contributed by atoms with Crippen molar-refractivity contribution in [1.29, 1.82) is 0 Å². The van der Waals surface area contributed by atoms with Crippen molar-refractivity contribution in [2.75, 3.05) is 0 Å². The van der Waals surface area contributed by atoms with Gasteiger partial charge in [-0.25, -0.2) is 0 Å². The van der Waals surface area contributed by atoms with E-state index >= 15 is 0 Å². The number of Topliss-reactive ketones (excluding diaryl/α,β-unsaturated/α-hetero) is 1. The molecule has 1 fully saturated rings. The molecule has 0 amide bonds. The second-order valence-electron chi connectivity index (χ2n) is 4.01. The first-order chi connectivity index (χ1) is 6.15. The van der Waals surface area contributed by atoms with Crippen molar-refractivity contribution in [3.63, 3.8) is 0 Å². The lowest BCUT2D eigenvalue weighted by atomic mass is 9.76. The van der Waals surface area contributed by atoms with Gasteiger partial charge >= 0.3 is 0 Å². The summed E-state index contributed by atoms with van der Waals surface area (Å²) >= 11 is 0. The predicted molar refractivity (Wildman–Crippen MR) is 55.5 cm³/mol. The Kier molecular flexibility index (Phi) is 3.47. The molecule has 1 aliphatic rings. The van der Waals surface area contributed by atoms with E-state index in [-0.39, 0.29) is 5.92 Å². The summed E-state index contributed by atoms with van der Waals surface area (Å²) in [6, 6.07) is 0. The first kappa shape index (κ1) is 10.2. The van der Waals surface area contributed by atoms with Crippen molar-refractivity contribution >= 4 is 5.78 Å². The van der Waals surface area contributed by atoms with Crippen LogP contribution in [-0.2, 0) is 4.79 Å². The Morgan fingerprint density at radius 1 is 1.69 bits per heavy atom. The van der Waals surface area contributed by atoms with Crippen LogP contribution in [0.25, 0.3) is 0 Å². The molecular formula is C12H18O. The number of rotatable bonds is 3. The van der Waals surface area contributed by atoms with E-state index < -0.39 is 0 Å². The van der Waals surface area contributed by atoms with E-state index in [1.54, 1.807) is 0 Å². The van der Waals surface area contributed by atoms with Gasteiger partial charge in [0.2, 0.25) is 0 Å². The SMILES string of the molecule is C=CCC1CC(C(=C)C)CCC1=O. The molecule has 0 spiro atoms. The monoisotopic (exact) mass is 178 g/mol. The topological polar surface area (TPSA) is 17.1 Å². The van der Waals surface area contributed by atoms with Gasteiger partial charge in [0.1, 0.15) is 5.78 Å². The first-order valence-electron chi connectivity index (χ1n) is 4.94. The summed E-state index contributed by atoms with van der Waals surface area (Å²) in [6.07, 6.45) is 5.41. The summed E-state index contributed by atoms with van der Waals surface area (Å²) in [7, 11) is 0. The standard InChI is InChI=1S/C12H18O/c1-4-5-11-8-10(9(2)3)6-7-12(11)13/h4,10-11H,1-2,5-8H2,3H3. The van der Waals surface area contributed by atoms with Gasteiger partial charge in [-0.15, -0.1) is 6.58 Å². The van der Waals surface area contributed by atoms with Gasteiger partial charge in [0.25, 0.3) is 0 Å². The molecule has 72 valence electrons. The highest BCUT2D eigenvalue weighted by Gasteiger charge is 2.27. The zero-order valence-electron chi connectivity index (χ0n) is 8.38. The molecule has 1 aliphatic carbocycles. The lowest BCUT2D eigenvalue weighted by Crippen LogP contribution is -2.24. The number of carbonyl (C=O) groups is 1. The number of hydrogen-bond acceptors (Lipinski definition) is 1. The molecule has 1 nitrogen and oxygen atoms in total. The lowest BCUT2D eigenvalue weighted by molar-refractivity contribution is -0.125. The van der Waals surface area contributed by atoms with E-state index in [4.69, 9.17) is 0 Å². The fourth-order valence-electron chi connectivity index (χ4n) is 1.99. The van der Waals surface area contributed by atoms with Crippen LogP contribution in [0.3, 0.4) is 0 Å². The smallest absolute Gasteiger partial charge is 0.136 e. The minimum absolute atomic E-state index is 0.216. The maximum absolute atomic E-state index is 11.5. The van der Waals surface area contributed by atoms with Crippen molar-refractivity contribution in [3.8, 4) is 0 Å². The molecule has 0 aromatic heterocycles. The Balaban J connectivity index is 2.57. The molecule has 0 heterocycles. The Labute approximate surface area is 80.5 Å². The Morgan fingerprint density at radius 2 is 2.38 bits per heavy atom. The van der Waals surface area contributed by atoms with Gasteiger partial charge in [-0.3, -0.25) is 4.79 Å². The van der Waals surface area contributed by atoms with Crippen molar-refractivity contribution in [3.05, 3.63) is 24.8 Å². The van der Waals surface area contributed by atoms with Crippen molar-refractivity contribution in [1.82, 2.24) is 0 Å². The van der Waals surface area contributed by atoms with Crippen LogP contribution in [0, 0.1) is 11.8 Å². The van der Waals surface area contributed by atoms with E-state index in [9.17, 15) is 4.79 Å². The number of carbonyl (C=O) groups excluding carboxylic acids is 1. The van der Waals surface area contributed by atoms with Crippen LogP contribution in [0.1, 0.15) is 32.6 Å². The number of ketones is 1. The van der Waals surface area contributed by atoms with E-state index in [2.05, 4.69) is 20.1 Å². The predicted octanol–water partition coefficient (Wildman–Crippen LogP) is 3.12. The summed E-state index contributed by atoms with van der Waals surface area (Å²) in [4.78, 5) is 11.5. The third kappa shape index (κ3) is 2.55. The fraction of sp³-hybridized carbons (Fsp3) is 0.583. The minimum atomic E-state index is 0.216. The summed E-state index contributed by atoms with van der Waals surface area (Å²) in [5.74, 6) is 1.19. The van der Waals surface area contributed by atoms with E-state index in [0.29, 0.717) is 11.7 Å².